The molecule has 1 saturated carbocycles. The third-order valence-electron chi connectivity index (χ3n) is 3.72. The quantitative estimate of drug-likeness (QED) is 0.870. The molecule has 0 radical (unpaired) electrons. The van der Waals surface area contributed by atoms with Gasteiger partial charge in [-0.05, 0) is 43.9 Å². The van der Waals surface area contributed by atoms with Crippen molar-refractivity contribution in [3.8, 4) is 0 Å². The van der Waals surface area contributed by atoms with Gasteiger partial charge in [0.15, 0.2) is 0 Å². The molecular weight excluding hydrogens is 242 g/mol. The number of carboxylic acid groups (broad SMARTS) is 1. The van der Waals surface area contributed by atoms with Crippen LogP contribution in [-0.4, -0.2) is 17.0 Å². The topological polar surface area (TPSA) is 66.4 Å². The van der Waals surface area contributed by atoms with Crippen molar-refractivity contribution in [3.05, 3.63) is 34.4 Å². The van der Waals surface area contributed by atoms with Crippen molar-refractivity contribution in [3.63, 3.8) is 0 Å². The second-order valence-electron chi connectivity index (χ2n) is 5.38. The van der Waals surface area contributed by atoms with Crippen LogP contribution in [0.5, 0.6) is 0 Å². The largest absolute Gasteiger partial charge is 0.481 e. The molecule has 0 bridgehead atoms. The van der Waals surface area contributed by atoms with Gasteiger partial charge in [0.1, 0.15) is 0 Å². The van der Waals surface area contributed by atoms with E-state index in [1.165, 1.54) is 5.56 Å². The molecule has 0 saturated heterocycles. The van der Waals surface area contributed by atoms with Gasteiger partial charge in [0.25, 0.3) is 0 Å². The molecule has 1 amide bonds. The zero-order chi connectivity index (χ0) is 14.2. The molecule has 19 heavy (non-hydrogen) atoms. The first-order chi connectivity index (χ1) is 8.90. The Morgan fingerprint density at radius 3 is 2.26 bits per heavy atom. The fourth-order valence-electron chi connectivity index (χ4n) is 2.55. The Kier molecular flexibility index (Phi) is 3.60. The first-order valence-electron chi connectivity index (χ1n) is 6.47. The standard InChI is InChI=1S/C15H19NO3/c1-8-4-9(2)13(10(3)5-8)7-16-14(17)11-6-12(11)15(18)19/h4-5,11-12H,6-7H2,1-3H3,(H,16,17)(H,18,19). The van der Waals surface area contributed by atoms with Crippen LogP contribution in [0, 0.1) is 32.6 Å². The average Bonchev–Trinajstić information content (AvgIpc) is 3.06. The predicted octanol–water partition coefficient (Wildman–Crippen LogP) is 1.95. The fraction of sp³-hybridized carbons (Fsp3) is 0.467. The van der Waals surface area contributed by atoms with Crippen molar-refractivity contribution in [2.75, 3.05) is 0 Å². The van der Waals surface area contributed by atoms with Gasteiger partial charge in [-0.3, -0.25) is 9.59 Å². The van der Waals surface area contributed by atoms with Crippen molar-refractivity contribution in [1.82, 2.24) is 5.32 Å². The smallest absolute Gasteiger partial charge is 0.307 e. The van der Waals surface area contributed by atoms with Gasteiger partial charge < -0.3 is 10.4 Å². The Morgan fingerprint density at radius 1 is 1.21 bits per heavy atom. The summed E-state index contributed by atoms with van der Waals surface area (Å²) in [6.07, 6.45) is 0.465. The number of benzene rings is 1. The molecule has 2 atom stereocenters. The Balaban J connectivity index is 1.97. The van der Waals surface area contributed by atoms with E-state index in [-0.39, 0.29) is 11.8 Å². The van der Waals surface area contributed by atoms with Gasteiger partial charge in [-0.25, -0.2) is 0 Å². The van der Waals surface area contributed by atoms with Gasteiger partial charge >= 0.3 is 5.97 Å². The minimum absolute atomic E-state index is 0.147. The highest BCUT2D eigenvalue weighted by Crippen LogP contribution is 2.38. The molecule has 0 aromatic heterocycles. The maximum absolute atomic E-state index is 11.8. The van der Waals surface area contributed by atoms with Crippen LogP contribution in [-0.2, 0) is 16.1 Å². The monoisotopic (exact) mass is 261 g/mol. The van der Waals surface area contributed by atoms with Gasteiger partial charge in [-0.2, -0.15) is 0 Å². The maximum atomic E-state index is 11.8. The van der Waals surface area contributed by atoms with E-state index in [0.29, 0.717) is 13.0 Å². The molecule has 1 aliphatic rings. The first-order valence-corrected chi connectivity index (χ1v) is 6.47. The molecule has 2 N–H and O–H groups in total. The summed E-state index contributed by atoms with van der Waals surface area (Å²) >= 11 is 0. The lowest BCUT2D eigenvalue weighted by atomic mass is 10.00. The molecule has 2 unspecified atom stereocenters. The van der Waals surface area contributed by atoms with Crippen LogP contribution < -0.4 is 5.32 Å². The van der Waals surface area contributed by atoms with Crippen LogP contribution in [0.4, 0.5) is 0 Å². The maximum Gasteiger partial charge on any atom is 0.307 e. The van der Waals surface area contributed by atoms with E-state index in [0.717, 1.165) is 16.7 Å². The number of amides is 1. The Morgan fingerprint density at radius 2 is 1.79 bits per heavy atom. The number of aliphatic carboxylic acids is 1. The zero-order valence-corrected chi connectivity index (χ0v) is 11.5. The number of aryl methyl sites for hydroxylation is 3. The highest BCUT2D eigenvalue weighted by atomic mass is 16.4. The lowest BCUT2D eigenvalue weighted by molar-refractivity contribution is -0.140. The molecule has 0 spiro atoms. The first kappa shape index (κ1) is 13.6. The van der Waals surface area contributed by atoms with Crippen molar-refractivity contribution < 1.29 is 14.7 Å². The zero-order valence-electron chi connectivity index (χ0n) is 11.5. The molecule has 1 aromatic carbocycles. The minimum atomic E-state index is -0.872. The SMILES string of the molecule is Cc1cc(C)c(CNC(=O)C2CC2C(=O)O)c(C)c1. The number of hydrogen-bond acceptors (Lipinski definition) is 2. The Hall–Kier alpha value is -1.84. The van der Waals surface area contributed by atoms with E-state index in [2.05, 4.69) is 17.4 Å². The van der Waals surface area contributed by atoms with Gasteiger partial charge in [-0.1, -0.05) is 17.7 Å². The molecule has 4 nitrogen and oxygen atoms in total. The van der Waals surface area contributed by atoms with E-state index in [4.69, 9.17) is 5.11 Å². The number of nitrogens with one attached hydrogen (secondary N) is 1. The van der Waals surface area contributed by atoms with Gasteiger partial charge in [-0.15, -0.1) is 0 Å². The highest BCUT2D eigenvalue weighted by Gasteiger charge is 2.48. The Labute approximate surface area is 112 Å². The third-order valence-corrected chi connectivity index (χ3v) is 3.72. The van der Waals surface area contributed by atoms with E-state index in [9.17, 15) is 9.59 Å². The van der Waals surface area contributed by atoms with Crippen LogP contribution in [0.2, 0.25) is 0 Å². The van der Waals surface area contributed by atoms with E-state index < -0.39 is 11.9 Å². The normalized spacial score (nSPS) is 21.0. The van der Waals surface area contributed by atoms with E-state index in [1.54, 1.807) is 0 Å². The molecule has 2 rings (SSSR count). The summed E-state index contributed by atoms with van der Waals surface area (Å²) in [6.45, 7) is 6.57. The van der Waals surface area contributed by atoms with Crippen LogP contribution >= 0.6 is 0 Å². The second kappa shape index (κ2) is 5.03. The number of rotatable bonds is 4. The molecule has 1 aromatic rings. The number of carboxylic acids is 1. The van der Waals surface area contributed by atoms with Crippen molar-refractivity contribution in [1.29, 1.82) is 0 Å². The number of carbonyl (C=O) groups excluding carboxylic acids is 1. The summed E-state index contributed by atoms with van der Waals surface area (Å²) in [5.41, 5.74) is 4.64. The predicted molar refractivity (Wildman–Crippen MR) is 71.7 cm³/mol. The molecular formula is C15H19NO3. The lowest BCUT2D eigenvalue weighted by Crippen LogP contribution is -2.26. The van der Waals surface area contributed by atoms with Gasteiger partial charge in [0.05, 0.1) is 11.8 Å². The van der Waals surface area contributed by atoms with Gasteiger partial charge in [0.2, 0.25) is 5.91 Å². The minimum Gasteiger partial charge on any atom is -0.481 e. The van der Waals surface area contributed by atoms with Crippen LogP contribution in [0.3, 0.4) is 0 Å². The second-order valence-corrected chi connectivity index (χ2v) is 5.38. The molecule has 4 heteroatoms. The average molecular weight is 261 g/mol. The Bertz CT molecular complexity index is 513. The van der Waals surface area contributed by atoms with Crippen LogP contribution in [0.1, 0.15) is 28.7 Å². The number of hydrogen-bond donors (Lipinski definition) is 2. The lowest BCUT2D eigenvalue weighted by Gasteiger charge is -2.12. The summed E-state index contributed by atoms with van der Waals surface area (Å²) in [5, 5.41) is 11.6. The van der Waals surface area contributed by atoms with Crippen LogP contribution in [0.15, 0.2) is 12.1 Å². The molecule has 1 fully saturated rings. The van der Waals surface area contributed by atoms with E-state index >= 15 is 0 Å². The molecule has 1 aliphatic carbocycles. The summed E-state index contributed by atoms with van der Waals surface area (Å²) in [5.74, 6) is -1.85. The summed E-state index contributed by atoms with van der Waals surface area (Å²) in [7, 11) is 0. The van der Waals surface area contributed by atoms with Crippen LogP contribution in [0.25, 0.3) is 0 Å². The van der Waals surface area contributed by atoms with Crippen molar-refractivity contribution in [2.24, 2.45) is 11.8 Å². The molecule has 0 heterocycles. The van der Waals surface area contributed by atoms with Crippen molar-refractivity contribution >= 4 is 11.9 Å². The number of carbonyl (C=O) groups is 2. The van der Waals surface area contributed by atoms with E-state index in [1.807, 2.05) is 20.8 Å². The third kappa shape index (κ3) is 2.95. The summed E-state index contributed by atoms with van der Waals surface area (Å²) < 4.78 is 0. The highest BCUT2D eigenvalue weighted by molar-refractivity contribution is 5.89. The summed E-state index contributed by atoms with van der Waals surface area (Å²) in [6, 6.07) is 4.18. The molecule has 0 aliphatic heterocycles. The summed E-state index contributed by atoms with van der Waals surface area (Å²) in [4.78, 5) is 22.5. The van der Waals surface area contributed by atoms with Gasteiger partial charge in [0, 0.05) is 6.54 Å². The fourth-order valence-corrected chi connectivity index (χ4v) is 2.55. The van der Waals surface area contributed by atoms with Crippen molar-refractivity contribution in [2.45, 2.75) is 33.7 Å². The molecule has 102 valence electrons.